The lowest BCUT2D eigenvalue weighted by molar-refractivity contribution is -0.141. The first kappa shape index (κ1) is 12.5. The maximum Gasteiger partial charge on any atom is 0.227 e. The summed E-state index contributed by atoms with van der Waals surface area (Å²) >= 11 is 0. The van der Waals surface area contributed by atoms with E-state index in [1.54, 1.807) is 11.8 Å². The number of carbonyl (C=O) groups excluding carboxylic acids is 1. The van der Waals surface area contributed by atoms with Gasteiger partial charge in [-0.3, -0.25) is 4.79 Å². The number of rotatable bonds is 3. The van der Waals surface area contributed by atoms with E-state index >= 15 is 0 Å². The molecule has 4 heteroatoms. The van der Waals surface area contributed by atoms with Gasteiger partial charge in [-0.05, 0) is 26.2 Å². The molecule has 1 rings (SSSR count). The molecule has 1 saturated heterocycles. The molecule has 0 spiro atoms. The first-order chi connectivity index (χ1) is 7.00. The van der Waals surface area contributed by atoms with E-state index in [0.717, 1.165) is 25.8 Å². The fraction of sp³-hybridized carbons (Fsp3) is 0.909. The van der Waals surface area contributed by atoms with Crippen molar-refractivity contribution in [2.45, 2.75) is 38.7 Å². The van der Waals surface area contributed by atoms with Crippen LogP contribution in [0.3, 0.4) is 0 Å². The van der Waals surface area contributed by atoms with Crippen molar-refractivity contribution in [3.63, 3.8) is 0 Å². The van der Waals surface area contributed by atoms with Gasteiger partial charge in [-0.25, -0.2) is 0 Å². The molecule has 0 saturated carbocycles. The number of amides is 1. The van der Waals surface area contributed by atoms with Crippen molar-refractivity contribution in [2.75, 3.05) is 19.6 Å². The highest BCUT2D eigenvalue weighted by molar-refractivity contribution is 5.79. The summed E-state index contributed by atoms with van der Waals surface area (Å²) in [6.45, 7) is 5.36. The lowest BCUT2D eigenvalue weighted by atomic mass is 9.93. The molecule has 1 aliphatic rings. The van der Waals surface area contributed by atoms with E-state index in [-0.39, 0.29) is 11.8 Å². The maximum atomic E-state index is 12.0. The molecule has 2 atom stereocenters. The van der Waals surface area contributed by atoms with Gasteiger partial charge in [0.15, 0.2) is 0 Å². The largest absolute Gasteiger partial charge is 0.388 e. The van der Waals surface area contributed by atoms with Crippen molar-refractivity contribution in [3.05, 3.63) is 0 Å². The van der Waals surface area contributed by atoms with Gasteiger partial charge in [0.1, 0.15) is 0 Å². The molecule has 0 aromatic carbocycles. The highest BCUT2D eigenvalue weighted by atomic mass is 16.3. The fourth-order valence-electron chi connectivity index (χ4n) is 2.11. The normalized spacial score (nSPS) is 28.9. The van der Waals surface area contributed by atoms with Crippen molar-refractivity contribution in [2.24, 2.45) is 11.7 Å². The zero-order valence-corrected chi connectivity index (χ0v) is 9.70. The number of β-amino-alcohol motifs (C(OH)–C–C–N with tert-alkyl or cyclic N) is 1. The molecule has 4 nitrogen and oxygen atoms in total. The van der Waals surface area contributed by atoms with Gasteiger partial charge in [-0.15, -0.1) is 0 Å². The van der Waals surface area contributed by atoms with Crippen molar-refractivity contribution in [1.29, 1.82) is 0 Å². The monoisotopic (exact) mass is 214 g/mol. The zero-order chi connectivity index (χ0) is 11.5. The Morgan fingerprint density at radius 3 is 2.80 bits per heavy atom. The van der Waals surface area contributed by atoms with Crippen LogP contribution in [0.1, 0.15) is 33.1 Å². The Balaban J connectivity index is 2.59. The first-order valence-electron chi connectivity index (χ1n) is 5.71. The molecular formula is C11H22N2O2. The third-order valence-corrected chi connectivity index (χ3v) is 3.11. The average Bonchev–Trinajstić information content (AvgIpc) is 2.18. The third kappa shape index (κ3) is 3.18. The van der Waals surface area contributed by atoms with Crippen LogP contribution >= 0.6 is 0 Å². The Kier molecular flexibility index (Phi) is 4.11. The van der Waals surface area contributed by atoms with Crippen LogP contribution in [0.5, 0.6) is 0 Å². The third-order valence-electron chi connectivity index (χ3n) is 3.11. The van der Waals surface area contributed by atoms with Crippen LogP contribution in [0.15, 0.2) is 0 Å². The second kappa shape index (κ2) is 4.94. The zero-order valence-electron chi connectivity index (χ0n) is 9.70. The molecule has 1 fully saturated rings. The second-order valence-electron chi connectivity index (χ2n) is 4.70. The van der Waals surface area contributed by atoms with Crippen molar-refractivity contribution in [3.8, 4) is 0 Å². The van der Waals surface area contributed by atoms with E-state index in [4.69, 9.17) is 5.73 Å². The van der Waals surface area contributed by atoms with Gasteiger partial charge in [0.25, 0.3) is 0 Å². The Hall–Kier alpha value is -0.610. The molecule has 0 aromatic heterocycles. The SMILES string of the molecule is CCC(CN)C(=O)N1CCCC(C)(O)C1. The van der Waals surface area contributed by atoms with Gasteiger partial charge < -0.3 is 15.7 Å². The summed E-state index contributed by atoms with van der Waals surface area (Å²) in [5, 5.41) is 9.90. The van der Waals surface area contributed by atoms with E-state index in [2.05, 4.69) is 0 Å². The molecule has 15 heavy (non-hydrogen) atoms. The van der Waals surface area contributed by atoms with Gasteiger partial charge in [0.2, 0.25) is 5.91 Å². The number of carbonyl (C=O) groups is 1. The molecule has 1 aliphatic heterocycles. The molecule has 1 heterocycles. The summed E-state index contributed by atoms with van der Waals surface area (Å²) in [6, 6.07) is 0. The average molecular weight is 214 g/mol. The number of piperidine rings is 1. The molecule has 1 amide bonds. The molecule has 2 unspecified atom stereocenters. The van der Waals surface area contributed by atoms with Gasteiger partial charge in [-0.1, -0.05) is 6.92 Å². The quantitative estimate of drug-likeness (QED) is 0.712. The van der Waals surface area contributed by atoms with Crippen LogP contribution < -0.4 is 5.73 Å². The molecule has 0 aromatic rings. The molecule has 3 N–H and O–H groups in total. The number of nitrogens with two attached hydrogens (primary N) is 1. The van der Waals surface area contributed by atoms with Crippen molar-refractivity contribution >= 4 is 5.91 Å². The molecule has 0 radical (unpaired) electrons. The predicted octanol–water partition coefficient (Wildman–Crippen LogP) is 0.345. The predicted molar refractivity (Wildman–Crippen MR) is 59.3 cm³/mol. The highest BCUT2D eigenvalue weighted by Crippen LogP contribution is 2.22. The van der Waals surface area contributed by atoms with Gasteiger partial charge in [0.05, 0.1) is 11.5 Å². The van der Waals surface area contributed by atoms with Crippen LogP contribution in [-0.4, -0.2) is 41.1 Å². The van der Waals surface area contributed by atoms with Crippen LogP contribution in [-0.2, 0) is 4.79 Å². The molecule has 0 bridgehead atoms. The van der Waals surface area contributed by atoms with Crippen molar-refractivity contribution < 1.29 is 9.90 Å². The van der Waals surface area contributed by atoms with E-state index < -0.39 is 5.60 Å². The Bertz CT molecular complexity index is 225. The van der Waals surface area contributed by atoms with E-state index in [1.165, 1.54) is 0 Å². The summed E-state index contributed by atoms with van der Waals surface area (Å²) in [5.74, 6) is 0.0128. The summed E-state index contributed by atoms with van der Waals surface area (Å²) in [4.78, 5) is 13.7. The number of likely N-dealkylation sites (tertiary alicyclic amines) is 1. The van der Waals surface area contributed by atoms with E-state index in [9.17, 15) is 9.90 Å². The fourth-order valence-corrected chi connectivity index (χ4v) is 2.11. The summed E-state index contributed by atoms with van der Waals surface area (Å²) in [5.41, 5.74) is 4.83. The number of aliphatic hydroxyl groups is 1. The van der Waals surface area contributed by atoms with Crippen LogP contribution in [0.2, 0.25) is 0 Å². The Morgan fingerprint density at radius 2 is 2.33 bits per heavy atom. The van der Waals surface area contributed by atoms with Crippen molar-refractivity contribution in [1.82, 2.24) is 4.90 Å². The van der Waals surface area contributed by atoms with Gasteiger partial charge in [0, 0.05) is 19.6 Å². The molecule has 0 aliphatic carbocycles. The second-order valence-corrected chi connectivity index (χ2v) is 4.70. The molecule has 88 valence electrons. The topological polar surface area (TPSA) is 66.6 Å². The highest BCUT2D eigenvalue weighted by Gasteiger charge is 2.32. The van der Waals surface area contributed by atoms with Crippen LogP contribution in [0, 0.1) is 5.92 Å². The first-order valence-corrected chi connectivity index (χ1v) is 5.71. The van der Waals surface area contributed by atoms with Gasteiger partial charge >= 0.3 is 0 Å². The smallest absolute Gasteiger partial charge is 0.227 e. The van der Waals surface area contributed by atoms with Crippen LogP contribution in [0.25, 0.3) is 0 Å². The molecular weight excluding hydrogens is 192 g/mol. The number of nitrogens with zero attached hydrogens (tertiary/aromatic N) is 1. The van der Waals surface area contributed by atoms with E-state index in [1.807, 2.05) is 6.92 Å². The Morgan fingerprint density at radius 1 is 1.67 bits per heavy atom. The maximum absolute atomic E-state index is 12.0. The number of hydrogen-bond donors (Lipinski definition) is 2. The van der Waals surface area contributed by atoms with Crippen LogP contribution in [0.4, 0.5) is 0 Å². The summed E-state index contributed by atoms with van der Waals surface area (Å²) < 4.78 is 0. The minimum atomic E-state index is -0.721. The lowest BCUT2D eigenvalue weighted by Crippen LogP contribution is -2.51. The minimum Gasteiger partial charge on any atom is -0.388 e. The summed E-state index contributed by atoms with van der Waals surface area (Å²) in [7, 11) is 0. The number of hydrogen-bond acceptors (Lipinski definition) is 3. The standard InChI is InChI=1S/C11H22N2O2/c1-3-9(7-12)10(14)13-6-4-5-11(2,15)8-13/h9,15H,3-8,12H2,1-2H3. The van der Waals surface area contributed by atoms with Gasteiger partial charge in [-0.2, -0.15) is 0 Å². The van der Waals surface area contributed by atoms with E-state index in [0.29, 0.717) is 13.1 Å². The lowest BCUT2D eigenvalue weighted by Gasteiger charge is -2.38. The minimum absolute atomic E-state index is 0.0844. The summed E-state index contributed by atoms with van der Waals surface area (Å²) in [6.07, 6.45) is 2.42. The Labute approximate surface area is 91.4 Å².